The van der Waals surface area contributed by atoms with E-state index in [1.165, 1.54) is 17.4 Å². The summed E-state index contributed by atoms with van der Waals surface area (Å²) < 4.78 is 16.6. The van der Waals surface area contributed by atoms with E-state index in [2.05, 4.69) is 10.3 Å². The number of methoxy groups -OCH3 is 2. The molecule has 0 aliphatic rings. The van der Waals surface area contributed by atoms with Crippen LogP contribution in [0.5, 0.6) is 17.2 Å². The standard InChI is InChI=1S/C27H23ClN2O4S/c1-32-22-5-3-4-20(15-22)23-17-35-27(29-23)30-26(31)13-9-18-8-12-24(25(14-18)33-2)34-16-19-6-10-21(28)11-7-19/h3-15,17H,16H2,1-2H3,(H,29,30,31)/b13-9+. The van der Waals surface area contributed by atoms with Crippen molar-refractivity contribution < 1.29 is 19.0 Å². The first-order valence-electron chi connectivity index (χ1n) is 10.7. The molecule has 0 spiro atoms. The van der Waals surface area contributed by atoms with Gasteiger partial charge in [0.1, 0.15) is 12.4 Å². The van der Waals surface area contributed by atoms with Crippen LogP contribution >= 0.6 is 22.9 Å². The molecular weight excluding hydrogens is 484 g/mol. The maximum Gasteiger partial charge on any atom is 0.250 e. The molecule has 3 aromatic carbocycles. The Morgan fingerprint density at radius 1 is 1.03 bits per heavy atom. The third-order valence-electron chi connectivity index (χ3n) is 5.02. The van der Waals surface area contributed by atoms with Gasteiger partial charge in [0, 0.05) is 22.0 Å². The van der Waals surface area contributed by atoms with Crippen LogP contribution < -0.4 is 19.5 Å². The fourth-order valence-corrected chi connectivity index (χ4v) is 4.06. The Bertz CT molecular complexity index is 1340. The molecule has 8 heteroatoms. The Balaban J connectivity index is 1.37. The summed E-state index contributed by atoms with van der Waals surface area (Å²) in [5, 5.41) is 5.88. The Kier molecular flexibility index (Phi) is 8.03. The molecule has 0 bridgehead atoms. The highest BCUT2D eigenvalue weighted by Gasteiger charge is 2.09. The van der Waals surface area contributed by atoms with E-state index in [1.54, 1.807) is 20.3 Å². The number of nitrogens with one attached hydrogen (secondary N) is 1. The summed E-state index contributed by atoms with van der Waals surface area (Å²) in [4.78, 5) is 16.9. The number of hydrogen-bond donors (Lipinski definition) is 1. The lowest BCUT2D eigenvalue weighted by Crippen LogP contribution is -2.07. The summed E-state index contributed by atoms with van der Waals surface area (Å²) in [6.45, 7) is 0.386. The zero-order chi connectivity index (χ0) is 24.6. The lowest BCUT2D eigenvalue weighted by Gasteiger charge is -2.11. The highest BCUT2D eigenvalue weighted by atomic mass is 35.5. The van der Waals surface area contributed by atoms with Crippen molar-refractivity contribution in [1.82, 2.24) is 4.98 Å². The average Bonchev–Trinajstić information content (AvgIpc) is 3.35. The molecule has 0 aliphatic heterocycles. The zero-order valence-corrected chi connectivity index (χ0v) is 20.7. The highest BCUT2D eigenvalue weighted by molar-refractivity contribution is 7.14. The second kappa shape index (κ2) is 11.6. The van der Waals surface area contributed by atoms with Crippen LogP contribution in [0.3, 0.4) is 0 Å². The quantitative estimate of drug-likeness (QED) is 0.255. The summed E-state index contributed by atoms with van der Waals surface area (Å²) in [5.74, 6) is 1.65. The topological polar surface area (TPSA) is 69.7 Å². The molecule has 0 saturated heterocycles. The normalized spacial score (nSPS) is 10.8. The Morgan fingerprint density at radius 3 is 2.63 bits per heavy atom. The maximum atomic E-state index is 12.4. The van der Waals surface area contributed by atoms with Crippen molar-refractivity contribution >= 4 is 40.1 Å². The lowest BCUT2D eigenvalue weighted by atomic mass is 10.2. The zero-order valence-electron chi connectivity index (χ0n) is 19.2. The number of carbonyl (C=O) groups is 1. The van der Waals surface area contributed by atoms with Gasteiger partial charge in [0.05, 0.1) is 19.9 Å². The van der Waals surface area contributed by atoms with E-state index in [0.717, 1.165) is 28.1 Å². The van der Waals surface area contributed by atoms with Crippen molar-refractivity contribution in [2.24, 2.45) is 0 Å². The molecule has 4 rings (SSSR count). The SMILES string of the molecule is COc1cccc(-c2csc(NC(=O)/C=C/c3ccc(OCc4ccc(Cl)cc4)c(OC)c3)n2)c1. The highest BCUT2D eigenvalue weighted by Crippen LogP contribution is 2.30. The molecule has 1 N–H and O–H groups in total. The molecule has 178 valence electrons. The fraction of sp³-hybridized carbons (Fsp3) is 0.111. The number of thiazole rings is 1. The number of rotatable bonds is 9. The van der Waals surface area contributed by atoms with Gasteiger partial charge in [0.2, 0.25) is 5.91 Å². The molecule has 0 fully saturated rings. The first kappa shape index (κ1) is 24.3. The van der Waals surface area contributed by atoms with Crippen molar-refractivity contribution in [2.75, 3.05) is 19.5 Å². The van der Waals surface area contributed by atoms with E-state index in [1.807, 2.05) is 72.1 Å². The largest absolute Gasteiger partial charge is 0.497 e. The number of benzene rings is 3. The number of aromatic nitrogens is 1. The minimum absolute atomic E-state index is 0.279. The average molecular weight is 507 g/mol. The smallest absolute Gasteiger partial charge is 0.250 e. The molecule has 0 saturated carbocycles. The van der Waals surface area contributed by atoms with Crippen molar-refractivity contribution in [3.8, 4) is 28.5 Å². The van der Waals surface area contributed by atoms with E-state index in [9.17, 15) is 4.79 Å². The van der Waals surface area contributed by atoms with Crippen LogP contribution in [0, 0.1) is 0 Å². The van der Waals surface area contributed by atoms with E-state index in [-0.39, 0.29) is 5.91 Å². The van der Waals surface area contributed by atoms with Gasteiger partial charge < -0.3 is 14.2 Å². The van der Waals surface area contributed by atoms with Crippen molar-refractivity contribution in [2.45, 2.75) is 6.61 Å². The fourth-order valence-electron chi connectivity index (χ4n) is 3.21. The Hall–Kier alpha value is -3.81. The summed E-state index contributed by atoms with van der Waals surface area (Å²) in [7, 11) is 3.20. The molecule has 1 aromatic heterocycles. The van der Waals surface area contributed by atoms with Crippen LogP contribution in [0.2, 0.25) is 5.02 Å². The summed E-state index contributed by atoms with van der Waals surface area (Å²) in [6, 6.07) is 20.6. The molecule has 0 radical (unpaired) electrons. The van der Waals surface area contributed by atoms with Crippen LogP contribution in [-0.4, -0.2) is 25.1 Å². The molecule has 35 heavy (non-hydrogen) atoms. The van der Waals surface area contributed by atoms with Crippen molar-refractivity contribution in [3.05, 3.63) is 94.3 Å². The van der Waals surface area contributed by atoms with E-state index >= 15 is 0 Å². The van der Waals surface area contributed by atoms with Crippen LogP contribution in [-0.2, 0) is 11.4 Å². The number of anilines is 1. The van der Waals surface area contributed by atoms with E-state index < -0.39 is 0 Å². The van der Waals surface area contributed by atoms with Crippen LogP contribution in [0.4, 0.5) is 5.13 Å². The first-order chi connectivity index (χ1) is 17.0. The van der Waals surface area contributed by atoms with Crippen molar-refractivity contribution in [3.63, 3.8) is 0 Å². The number of halogens is 1. The molecule has 4 aromatic rings. The molecule has 0 aliphatic carbocycles. The molecule has 0 unspecified atom stereocenters. The number of nitrogens with zero attached hydrogens (tertiary/aromatic N) is 1. The molecule has 0 atom stereocenters. The van der Waals surface area contributed by atoms with Gasteiger partial charge >= 0.3 is 0 Å². The molecule has 1 heterocycles. The molecule has 6 nitrogen and oxygen atoms in total. The Labute approximate surface area is 212 Å². The van der Waals surface area contributed by atoms with Gasteiger partial charge in [-0.15, -0.1) is 11.3 Å². The van der Waals surface area contributed by atoms with Crippen LogP contribution in [0.15, 0.2) is 78.2 Å². The summed E-state index contributed by atoms with van der Waals surface area (Å²) in [5.41, 5.74) is 3.48. The van der Waals surface area contributed by atoms with Gasteiger partial charge in [-0.3, -0.25) is 10.1 Å². The lowest BCUT2D eigenvalue weighted by molar-refractivity contribution is -0.111. The van der Waals surface area contributed by atoms with Crippen molar-refractivity contribution in [1.29, 1.82) is 0 Å². The third kappa shape index (κ3) is 6.62. The number of amides is 1. The van der Waals surface area contributed by atoms with Crippen LogP contribution in [0.1, 0.15) is 11.1 Å². The van der Waals surface area contributed by atoms with E-state index in [4.69, 9.17) is 25.8 Å². The minimum Gasteiger partial charge on any atom is -0.497 e. The van der Waals surface area contributed by atoms with Crippen LogP contribution in [0.25, 0.3) is 17.3 Å². The minimum atomic E-state index is -0.279. The van der Waals surface area contributed by atoms with Gasteiger partial charge in [-0.2, -0.15) is 0 Å². The van der Waals surface area contributed by atoms with E-state index in [0.29, 0.717) is 28.3 Å². The van der Waals surface area contributed by atoms with Gasteiger partial charge in [0.25, 0.3) is 0 Å². The number of ether oxygens (including phenoxy) is 3. The number of hydrogen-bond acceptors (Lipinski definition) is 6. The second-order valence-corrected chi connectivity index (χ2v) is 8.71. The summed E-state index contributed by atoms with van der Waals surface area (Å²) in [6.07, 6.45) is 3.16. The van der Waals surface area contributed by atoms with Gasteiger partial charge in [-0.05, 0) is 53.6 Å². The maximum absolute atomic E-state index is 12.4. The predicted octanol–water partition coefficient (Wildman–Crippen LogP) is 6.71. The summed E-state index contributed by atoms with van der Waals surface area (Å²) >= 11 is 7.28. The second-order valence-electron chi connectivity index (χ2n) is 7.42. The predicted molar refractivity (Wildman–Crippen MR) is 141 cm³/mol. The van der Waals surface area contributed by atoms with Gasteiger partial charge in [0.15, 0.2) is 16.6 Å². The van der Waals surface area contributed by atoms with Gasteiger partial charge in [-0.1, -0.05) is 41.9 Å². The third-order valence-corrected chi connectivity index (χ3v) is 6.03. The number of carbonyl (C=O) groups excluding carboxylic acids is 1. The Morgan fingerprint density at radius 2 is 1.86 bits per heavy atom. The molecule has 1 amide bonds. The monoisotopic (exact) mass is 506 g/mol. The molecular formula is C27H23ClN2O4S. The van der Waals surface area contributed by atoms with Gasteiger partial charge in [-0.25, -0.2) is 4.98 Å². The first-order valence-corrected chi connectivity index (χ1v) is 11.9.